The van der Waals surface area contributed by atoms with Crippen molar-refractivity contribution in [3.05, 3.63) is 34.3 Å². The van der Waals surface area contributed by atoms with Crippen LogP contribution >= 0.6 is 15.9 Å². The SMILES string of the molecule is CCC(C)N(C)C(=O)CCCCc1ccc(Br)cc1. The molecular formula is C16H24BrNO. The molecule has 0 bridgehead atoms. The van der Waals surface area contributed by atoms with Crippen LogP contribution in [0.15, 0.2) is 28.7 Å². The molecule has 106 valence electrons. The molecule has 0 spiro atoms. The molecule has 3 heteroatoms. The fraction of sp³-hybridized carbons (Fsp3) is 0.562. The molecule has 0 radical (unpaired) electrons. The Morgan fingerprint density at radius 2 is 1.89 bits per heavy atom. The van der Waals surface area contributed by atoms with Crippen LogP contribution in [0.1, 0.15) is 45.1 Å². The van der Waals surface area contributed by atoms with E-state index in [0.29, 0.717) is 12.5 Å². The van der Waals surface area contributed by atoms with Gasteiger partial charge in [0.25, 0.3) is 0 Å². The molecule has 0 fully saturated rings. The van der Waals surface area contributed by atoms with Crippen molar-refractivity contribution in [2.45, 2.75) is 52.0 Å². The average Bonchev–Trinajstić information content (AvgIpc) is 2.43. The second kappa shape index (κ2) is 8.36. The summed E-state index contributed by atoms with van der Waals surface area (Å²) in [5, 5.41) is 0. The average molecular weight is 326 g/mol. The lowest BCUT2D eigenvalue weighted by Crippen LogP contribution is -2.34. The molecule has 1 unspecified atom stereocenters. The molecule has 0 aromatic heterocycles. The van der Waals surface area contributed by atoms with Gasteiger partial charge in [-0.2, -0.15) is 0 Å². The maximum Gasteiger partial charge on any atom is 0.222 e. The van der Waals surface area contributed by atoms with Crippen molar-refractivity contribution in [1.82, 2.24) is 4.90 Å². The van der Waals surface area contributed by atoms with E-state index in [1.807, 2.05) is 11.9 Å². The smallest absolute Gasteiger partial charge is 0.222 e. The number of hydrogen-bond acceptors (Lipinski definition) is 1. The zero-order valence-corrected chi connectivity index (χ0v) is 13.7. The Labute approximate surface area is 125 Å². The maximum absolute atomic E-state index is 11.9. The number of halogens is 1. The Bertz CT molecular complexity index is 388. The molecule has 0 saturated heterocycles. The molecule has 1 amide bonds. The summed E-state index contributed by atoms with van der Waals surface area (Å²) in [5.74, 6) is 0.269. The monoisotopic (exact) mass is 325 g/mol. The first-order valence-electron chi connectivity index (χ1n) is 7.04. The maximum atomic E-state index is 11.9. The summed E-state index contributed by atoms with van der Waals surface area (Å²) in [6.45, 7) is 4.21. The minimum absolute atomic E-state index is 0.269. The van der Waals surface area contributed by atoms with Crippen LogP contribution in [-0.2, 0) is 11.2 Å². The predicted octanol–water partition coefficient (Wildman–Crippen LogP) is 4.42. The van der Waals surface area contributed by atoms with Crippen LogP contribution in [0.3, 0.4) is 0 Å². The summed E-state index contributed by atoms with van der Waals surface area (Å²) in [4.78, 5) is 13.8. The van der Waals surface area contributed by atoms with Gasteiger partial charge in [0.2, 0.25) is 5.91 Å². The first-order valence-corrected chi connectivity index (χ1v) is 7.84. The molecule has 0 saturated carbocycles. The van der Waals surface area contributed by atoms with Crippen molar-refractivity contribution in [2.75, 3.05) is 7.05 Å². The topological polar surface area (TPSA) is 20.3 Å². The first-order chi connectivity index (χ1) is 9.04. The van der Waals surface area contributed by atoms with Crippen LogP contribution in [0.25, 0.3) is 0 Å². The van der Waals surface area contributed by atoms with Crippen LogP contribution < -0.4 is 0 Å². The van der Waals surface area contributed by atoms with Gasteiger partial charge in [0.1, 0.15) is 0 Å². The molecule has 1 aromatic carbocycles. The third kappa shape index (κ3) is 5.77. The summed E-state index contributed by atoms with van der Waals surface area (Å²) < 4.78 is 1.11. The van der Waals surface area contributed by atoms with Crippen LogP contribution in [0.4, 0.5) is 0 Å². The lowest BCUT2D eigenvalue weighted by molar-refractivity contribution is -0.131. The number of aryl methyl sites for hydroxylation is 1. The zero-order chi connectivity index (χ0) is 14.3. The number of carbonyl (C=O) groups is 1. The van der Waals surface area contributed by atoms with Gasteiger partial charge in [-0.15, -0.1) is 0 Å². The van der Waals surface area contributed by atoms with Crippen LogP contribution in [0.2, 0.25) is 0 Å². The van der Waals surface area contributed by atoms with Crippen molar-refractivity contribution < 1.29 is 4.79 Å². The lowest BCUT2D eigenvalue weighted by atomic mass is 10.1. The minimum Gasteiger partial charge on any atom is -0.343 e. The summed E-state index contributed by atoms with van der Waals surface area (Å²) in [6.07, 6.45) is 4.77. The second-order valence-electron chi connectivity index (χ2n) is 5.10. The molecule has 1 rings (SSSR count). The Balaban J connectivity index is 2.23. The fourth-order valence-corrected chi connectivity index (χ4v) is 2.22. The van der Waals surface area contributed by atoms with Gasteiger partial charge in [0.15, 0.2) is 0 Å². The van der Waals surface area contributed by atoms with Crippen LogP contribution in [0.5, 0.6) is 0 Å². The Morgan fingerprint density at radius 1 is 1.26 bits per heavy atom. The number of benzene rings is 1. The molecular weight excluding hydrogens is 302 g/mol. The van der Waals surface area contributed by atoms with E-state index in [1.165, 1.54) is 5.56 Å². The van der Waals surface area contributed by atoms with E-state index < -0.39 is 0 Å². The van der Waals surface area contributed by atoms with E-state index in [1.54, 1.807) is 0 Å². The number of rotatable bonds is 7. The van der Waals surface area contributed by atoms with E-state index in [4.69, 9.17) is 0 Å². The van der Waals surface area contributed by atoms with Gasteiger partial charge in [-0.25, -0.2) is 0 Å². The van der Waals surface area contributed by atoms with Crippen LogP contribution in [-0.4, -0.2) is 23.9 Å². The fourth-order valence-electron chi connectivity index (χ4n) is 1.95. The van der Waals surface area contributed by atoms with E-state index in [9.17, 15) is 4.79 Å². The van der Waals surface area contributed by atoms with Gasteiger partial charge in [0.05, 0.1) is 0 Å². The summed E-state index contributed by atoms with van der Waals surface area (Å²) >= 11 is 3.43. The highest BCUT2D eigenvalue weighted by Crippen LogP contribution is 2.13. The van der Waals surface area contributed by atoms with Crippen molar-refractivity contribution in [3.63, 3.8) is 0 Å². The molecule has 19 heavy (non-hydrogen) atoms. The summed E-state index contributed by atoms with van der Waals surface area (Å²) in [6, 6.07) is 8.75. The first kappa shape index (κ1) is 16.2. The second-order valence-corrected chi connectivity index (χ2v) is 6.01. The molecule has 2 nitrogen and oxygen atoms in total. The van der Waals surface area contributed by atoms with Gasteiger partial charge in [-0.3, -0.25) is 4.79 Å². The van der Waals surface area contributed by atoms with E-state index in [-0.39, 0.29) is 5.91 Å². The zero-order valence-electron chi connectivity index (χ0n) is 12.2. The van der Waals surface area contributed by atoms with E-state index in [2.05, 4.69) is 54.0 Å². The van der Waals surface area contributed by atoms with Gasteiger partial charge in [0, 0.05) is 24.0 Å². The van der Waals surface area contributed by atoms with Crippen molar-refractivity contribution >= 4 is 21.8 Å². The number of hydrogen-bond donors (Lipinski definition) is 0. The Kier molecular flexibility index (Phi) is 7.14. The quantitative estimate of drug-likeness (QED) is 0.679. The van der Waals surface area contributed by atoms with Gasteiger partial charge >= 0.3 is 0 Å². The van der Waals surface area contributed by atoms with Gasteiger partial charge in [-0.1, -0.05) is 35.0 Å². The van der Waals surface area contributed by atoms with Crippen molar-refractivity contribution in [1.29, 1.82) is 0 Å². The minimum atomic E-state index is 0.269. The predicted molar refractivity (Wildman–Crippen MR) is 84.2 cm³/mol. The Hall–Kier alpha value is -0.830. The number of nitrogens with zero attached hydrogens (tertiary/aromatic N) is 1. The summed E-state index contributed by atoms with van der Waals surface area (Å²) in [7, 11) is 1.91. The molecule has 0 aliphatic heterocycles. The molecule has 0 N–H and O–H groups in total. The molecule has 1 aromatic rings. The highest BCUT2D eigenvalue weighted by atomic mass is 79.9. The third-order valence-electron chi connectivity index (χ3n) is 3.66. The molecule has 0 aliphatic carbocycles. The van der Waals surface area contributed by atoms with Crippen LogP contribution in [0, 0.1) is 0 Å². The summed E-state index contributed by atoms with van der Waals surface area (Å²) in [5.41, 5.74) is 1.34. The Morgan fingerprint density at radius 3 is 2.47 bits per heavy atom. The number of carbonyl (C=O) groups excluding carboxylic acids is 1. The number of unbranched alkanes of at least 4 members (excludes halogenated alkanes) is 1. The normalized spacial score (nSPS) is 12.2. The van der Waals surface area contributed by atoms with Gasteiger partial charge < -0.3 is 4.90 Å². The van der Waals surface area contributed by atoms with Gasteiger partial charge in [-0.05, 0) is 50.3 Å². The number of amides is 1. The highest BCUT2D eigenvalue weighted by Gasteiger charge is 2.13. The molecule has 1 atom stereocenters. The highest BCUT2D eigenvalue weighted by molar-refractivity contribution is 9.10. The third-order valence-corrected chi connectivity index (χ3v) is 4.19. The standard InChI is InChI=1S/C16H24BrNO/c1-4-13(2)18(3)16(19)8-6-5-7-14-9-11-15(17)12-10-14/h9-13H,4-8H2,1-3H3. The van der Waals surface area contributed by atoms with E-state index in [0.717, 1.165) is 30.2 Å². The van der Waals surface area contributed by atoms with Crippen molar-refractivity contribution in [2.24, 2.45) is 0 Å². The molecule has 0 heterocycles. The largest absolute Gasteiger partial charge is 0.343 e. The van der Waals surface area contributed by atoms with Crippen molar-refractivity contribution in [3.8, 4) is 0 Å². The lowest BCUT2D eigenvalue weighted by Gasteiger charge is -2.23. The molecule has 0 aliphatic rings. The van der Waals surface area contributed by atoms with E-state index >= 15 is 0 Å².